The summed E-state index contributed by atoms with van der Waals surface area (Å²) in [7, 11) is 3.07. The molecule has 9 heteroatoms. The molecule has 0 aromatic heterocycles. The maximum atomic E-state index is 13.4. The minimum atomic E-state index is -1.16. The van der Waals surface area contributed by atoms with Gasteiger partial charge in [0.1, 0.15) is 23.8 Å². The summed E-state index contributed by atoms with van der Waals surface area (Å²) in [5, 5.41) is 9.53. The number of carboxylic acid groups (broad SMARTS) is 1. The lowest BCUT2D eigenvalue weighted by atomic mass is 10.0. The first-order valence-corrected chi connectivity index (χ1v) is 13.0. The molecule has 1 N–H and O–H groups in total. The van der Waals surface area contributed by atoms with Gasteiger partial charge < -0.3 is 19.3 Å². The van der Waals surface area contributed by atoms with Crippen molar-refractivity contribution in [1.82, 2.24) is 0 Å². The van der Waals surface area contributed by atoms with E-state index in [4.69, 9.17) is 14.2 Å². The van der Waals surface area contributed by atoms with Gasteiger partial charge in [0.15, 0.2) is 5.75 Å². The van der Waals surface area contributed by atoms with Crippen molar-refractivity contribution in [2.45, 2.75) is 0 Å². The summed E-state index contributed by atoms with van der Waals surface area (Å²) in [5.41, 5.74) is 2.44. The summed E-state index contributed by atoms with van der Waals surface area (Å²) < 4.78 is 18.1. The van der Waals surface area contributed by atoms with Gasteiger partial charge in [-0.3, -0.25) is 14.5 Å². The lowest BCUT2D eigenvalue weighted by molar-refractivity contribution is -0.135. The van der Waals surface area contributed by atoms with E-state index in [0.717, 1.165) is 11.1 Å². The highest BCUT2D eigenvalue weighted by atomic mass is 79.9. The molecule has 1 amide bonds. The number of methoxy groups -OCH3 is 2. The highest BCUT2D eigenvalue weighted by molar-refractivity contribution is 9.11. The Kier molecular flexibility index (Phi) is 8.70. The molecule has 7 nitrogen and oxygen atoms in total. The second-order valence-electron chi connectivity index (χ2n) is 8.05. The Labute approximate surface area is 236 Å². The number of carboxylic acids is 1. The number of carbonyl (C=O) groups is 2. The maximum Gasteiger partial charge on any atom is 0.323 e. The largest absolute Gasteiger partial charge is 0.496 e. The fraction of sp³-hybridized carbons (Fsp3) is 0.103. The minimum absolute atomic E-state index is 0.246. The minimum Gasteiger partial charge on any atom is -0.496 e. The van der Waals surface area contributed by atoms with Crippen LogP contribution >= 0.6 is 31.9 Å². The predicted molar refractivity (Wildman–Crippen MR) is 153 cm³/mol. The first-order chi connectivity index (χ1) is 18.3. The first-order valence-electron chi connectivity index (χ1n) is 11.4. The third kappa shape index (κ3) is 6.00. The number of para-hydroxylation sites is 1. The van der Waals surface area contributed by atoms with E-state index in [9.17, 15) is 14.7 Å². The second kappa shape index (κ2) is 12.1. The zero-order valence-corrected chi connectivity index (χ0v) is 23.7. The topological polar surface area (TPSA) is 85.3 Å². The van der Waals surface area contributed by atoms with Crippen molar-refractivity contribution in [2.24, 2.45) is 0 Å². The van der Waals surface area contributed by atoms with Gasteiger partial charge in [-0.1, -0.05) is 42.5 Å². The van der Waals surface area contributed by atoms with Gasteiger partial charge in [-0.2, -0.15) is 0 Å². The van der Waals surface area contributed by atoms with Crippen LogP contribution in [-0.2, 0) is 4.79 Å². The molecule has 0 atom stereocenters. The summed E-state index contributed by atoms with van der Waals surface area (Å²) in [6.07, 6.45) is 0. The molecular weight excluding hydrogens is 618 g/mol. The Hall–Kier alpha value is -3.82. The SMILES string of the molecule is COc1ccccc1C(=O)N(CC(=O)O)c1cc(Br)c(Oc2ccc(OC)c(-c3ccccc3)c2)c(Br)c1. The molecular formula is C29H23Br2NO6. The summed E-state index contributed by atoms with van der Waals surface area (Å²) in [6, 6.07) is 25.2. The molecule has 0 spiro atoms. The maximum absolute atomic E-state index is 13.4. The van der Waals surface area contributed by atoms with E-state index in [-0.39, 0.29) is 5.56 Å². The molecule has 4 rings (SSSR count). The quantitative estimate of drug-likeness (QED) is 0.205. The molecule has 4 aromatic rings. The standard InChI is InChI=1S/C29H23Br2NO6/c1-36-25-11-7-6-10-21(25)29(35)32(17-27(33)34)19-14-23(30)28(24(31)15-19)38-20-12-13-26(37-2)22(16-20)18-8-4-3-5-9-18/h3-16H,17H2,1-2H3,(H,33,34). The lowest BCUT2D eigenvalue weighted by Crippen LogP contribution is -2.36. The van der Waals surface area contributed by atoms with Gasteiger partial charge >= 0.3 is 5.97 Å². The number of nitrogens with zero attached hydrogens (tertiary/aromatic N) is 1. The van der Waals surface area contributed by atoms with Crippen LogP contribution in [0.1, 0.15) is 10.4 Å². The molecule has 0 aliphatic heterocycles. The third-order valence-electron chi connectivity index (χ3n) is 5.65. The Balaban J connectivity index is 1.69. The molecule has 0 unspecified atom stereocenters. The van der Waals surface area contributed by atoms with Crippen molar-refractivity contribution < 1.29 is 28.9 Å². The fourth-order valence-corrected chi connectivity index (χ4v) is 5.22. The molecule has 0 saturated heterocycles. The Morgan fingerprint density at radius 1 is 0.816 bits per heavy atom. The summed E-state index contributed by atoms with van der Waals surface area (Å²) in [5.74, 6) is 0.396. The third-order valence-corrected chi connectivity index (χ3v) is 6.82. The molecule has 0 saturated carbocycles. The van der Waals surface area contributed by atoms with Crippen LogP contribution in [0.4, 0.5) is 5.69 Å². The van der Waals surface area contributed by atoms with Gasteiger partial charge in [-0.15, -0.1) is 0 Å². The van der Waals surface area contributed by atoms with Gasteiger partial charge in [0, 0.05) is 11.3 Å². The van der Waals surface area contributed by atoms with Gasteiger partial charge in [0.25, 0.3) is 5.91 Å². The molecule has 0 heterocycles. The number of rotatable bonds is 9. The molecule has 38 heavy (non-hydrogen) atoms. The van der Waals surface area contributed by atoms with Crippen LogP contribution in [0.3, 0.4) is 0 Å². The molecule has 0 bridgehead atoms. The number of hydrogen-bond donors (Lipinski definition) is 1. The fourth-order valence-electron chi connectivity index (χ4n) is 3.89. The van der Waals surface area contributed by atoms with Crippen molar-refractivity contribution in [3.05, 3.63) is 99.4 Å². The van der Waals surface area contributed by atoms with E-state index in [0.29, 0.717) is 37.6 Å². The van der Waals surface area contributed by atoms with Crippen molar-refractivity contribution in [2.75, 3.05) is 25.7 Å². The van der Waals surface area contributed by atoms with Crippen molar-refractivity contribution >= 4 is 49.4 Å². The zero-order chi connectivity index (χ0) is 27.2. The second-order valence-corrected chi connectivity index (χ2v) is 9.76. The van der Waals surface area contributed by atoms with E-state index in [2.05, 4.69) is 31.9 Å². The van der Waals surface area contributed by atoms with Crippen LogP contribution < -0.4 is 19.1 Å². The van der Waals surface area contributed by atoms with E-state index in [1.165, 1.54) is 12.0 Å². The van der Waals surface area contributed by atoms with Crippen LogP contribution in [0.2, 0.25) is 0 Å². The molecule has 194 valence electrons. The number of aliphatic carboxylic acids is 1. The van der Waals surface area contributed by atoms with Gasteiger partial charge in [0.05, 0.1) is 28.7 Å². The number of anilines is 1. The molecule has 0 aliphatic carbocycles. The van der Waals surface area contributed by atoms with E-state index >= 15 is 0 Å². The van der Waals surface area contributed by atoms with E-state index in [1.54, 1.807) is 49.6 Å². The van der Waals surface area contributed by atoms with Crippen LogP contribution in [0.15, 0.2) is 93.9 Å². The number of carbonyl (C=O) groups excluding carboxylic acids is 1. The van der Waals surface area contributed by atoms with Crippen LogP contribution in [-0.4, -0.2) is 37.7 Å². The lowest BCUT2D eigenvalue weighted by Gasteiger charge is -2.23. The first kappa shape index (κ1) is 27.2. The average Bonchev–Trinajstić information content (AvgIpc) is 2.93. The van der Waals surface area contributed by atoms with Crippen molar-refractivity contribution in [3.8, 4) is 34.1 Å². The monoisotopic (exact) mass is 639 g/mol. The summed E-state index contributed by atoms with van der Waals surface area (Å²) in [4.78, 5) is 26.2. The molecule has 0 radical (unpaired) electrons. The highest BCUT2D eigenvalue weighted by Crippen LogP contribution is 2.42. The smallest absolute Gasteiger partial charge is 0.323 e. The number of hydrogen-bond acceptors (Lipinski definition) is 5. The summed E-state index contributed by atoms with van der Waals surface area (Å²) in [6.45, 7) is -0.547. The molecule has 0 aliphatic rings. The van der Waals surface area contributed by atoms with Crippen LogP contribution in [0, 0.1) is 0 Å². The van der Waals surface area contributed by atoms with Crippen LogP contribution in [0.25, 0.3) is 11.1 Å². The number of benzene rings is 4. The van der Waals surface area contributed by atoms with Gasteiger partial charge in [-0.05, 0) is 79.9 Å². The molecule has 0 fully saturated rings. The zero-order valence-electron chi connectivity index (χ0n) is 20.5. The van der Waals surface area contributed by atoms with E-state index in [1.807, 2.05) is 42.5 Å². The van der Waals surface area contributed by atoms with Crippen molar-refractivity contribution in [3.63, 3.8) is 0 Å². The van der Waals surface area contributed by atoms with Gasteiger partial charge in [-0.25, -0.2) is 0 Å². The average molecular weight is 641 g/mol. The summed E-state index contributed by atoms with van der Waals surface area (Å²) >= 11 is 7.05. The Bertz CT molecular complexity index is 1450. The highest BCUT2D eigenvalue weighted by Gasteiger charge is 2.25. The van der Waals surface area contributed by atoms with Gasteiger partial charge in [0.2, 0.25) is 0 Å². The number of ether oxygens (including phenoxy) is 3. The van der Waals surface area contributed by atoms with E-state index < -0.39 is 18.4 Å². The normalized spacial score (nSPS) is 10.5. The Morgan fingerprint density at radius 2 is 1.45 bits per heavy atom. The predicted octanol–water partition coefficient (Wildman–Crippen LogP) is 7.42. The number of amides is 1. The molecule has 4 aromatic carbocycles. The van der Waals surface area contributed by atoms with Crippen molar-refractivity contribution in [1.29, 1.82) is 0 Å². The van der Waals surface area contributed by atoms with Crippen LogP contribution in [0.5, 0.6) is 23.0 Å². The Morgan fingerprint density at radius 3 is 2.08 bits per heavy atom. The number of halogens is 2.